The smallest absolute Gasteiger partial charge is 0.246 e. The van der Waals surface area contributed by atoms with Crippen molar-refractivity contribution in [1.29, 1.82) is 0 Å². The van der Waals surface area contributed by atoms with Crippen LogP contribution in [0.15, 0.2) is 18.2 Å². The minimum absolute atomic E-state index is 0.01000. The number of ether oxygens (including phenoxy) is 1. The van der Waals surface area contributed by atoms with Gasteiger partial charge in [0, 0.05) is 30.4 Å². The van der Waals surface area contributed by atoms with E-state index in [1.54, 1.807) is 7.11 Å². The third-order valence-corrected chi connectivity index (χ3v) is 2.98. The summed E-state index contributed by atoms with van der Waals surface area (Å²) in [6, 6.07) is 5.37. The first-order valence-corrected chi connectivity index (χ1v) is 5.56. The molecule has 0 spiro atoms. The van der Waals surface area contributed by atoms with Crippen molar-refractivity contribution in [2.45, 2.75) is 6.04 Å². The number of carbonyl (C=O) groups excluding carboxylic acids is 1. The minimum atomic E-state index is -0.251. The van der Waals surface area contributed by atoms with E-state index in [1.807, 2.05) is 30.1 Å². The number of likely N-dealkylation sites (N-methyl/N-ethyl adjacent to an activating group) is 1. The molecule has 1 atom stereocenters. The molecule has 5 nitrogen and oxygen atoms in total. The molecule has 92 valence electrons. The van der Waals surface area contributed by atoms with Crippen molar-refractivity contribution in [1.82, 2.24) is 4.90 Å². The Morgan fingerprint density at radius 3 is 2.94 bits per heavy atom. The number of hydrogen-bond acceptors (Lipinski definition) is 4. The Labute approximate surface area is 101 Å². The number of methoxy groups -OCH3 is 1. The lowest BCUT2D eigenvalue weighted by atomic mass is 10.1. The van der Waals surface area contributed by atoms with Gasteiger partial charge in [0.2, 0.25) is 5.91 Å². The molecule has 1 aromatic rings. The van der Waals surface area contributed by atoms with Crippen molar-refractivity contribution in [3.63, 3.8) is 0 Å². The monoisotopic (exact) mass is 235 g/mol. The van der Waals surface area contributed by atoms with Gasteiger partial charge in [0.15, 0.2) is 0 Å². The molecule has 0 fully saturated rings. The Hall–Kier alpha value is -1.59. The Morgan fingerprint density at radius 2 is 2.29 bits per heavy atom. The van der Waals surface area contributed by atoms with Gasteiger partial charge >= 0.3 is 0 Å². The summed E-state index contributed by atoms with van der Waals surface area (Å²) < 4.78 is 5.13. The third kappa shape index (κ3) is 2.11. The van der Waals surface area contributed by atoms with Crippen LogP contribution in [-0.2, 0) is 4.79 Å². The van der Waals surface area contributed by atoms with Crippen molar-refractivity contribution in [2.24, 2.45) is 5.73 Å². The van der Waals surface area contributed by atoms with Crippen LogP contribution in [0, 0.1) is 0 Å². The van der Waals surface area contributed by atoms with Gasteiger partial charge in [-0.15, -0.1) is 0 Å². The molecule has 0 radical (unpaired) electrons. The summed E-state index contributed by atoms with van der Waals surface area (Å²) in [4.78, 5) is 13.9. The molecular weight excluding hydrogens is 218 g/mol. The molecule has 0 aromatic heterocycles. The van der Waals surface area contributed by atoms with Gasteiger partial charge in [-0.3, -0.25) is 9.69 Å². The van der Waals surface area contributed by atoms with Crippen LogP contribution >= 0.6 is 0 Å². The number of anilines is 1. The SMILES string of the molecule is COc1ccc2c(c1)NC(=O)C2N(C)CCN. The van der Waals surface area contributed by atoms with Crippen molar-refractivity contribution in [2.75, 3.05) is 32.6 Å². The fourth-order valence-corrected chi connectivity index (χ4v) is 2.12. The molecule has 1 aromatic carbocycles. The van der Waals surface area contributed by atoms with Crippen LogP contribution in [0.2, 0.25) is 0 Å². The predicted octanol–water partition coefficient (Wildman–Crippen LogP) is 0.579. The molecule has 1 aliphatic rings. The second-order valence-corrected chi connectivity index (χ2v) is 4.11. The summed E-state index contributed by atoms with van der Waals surface area (Å²) >= 11 is 0. The number of hydrogen-bond donors (Lipinski definition) is 2. The fraction of sp³-hybridized carbons (Fsp3) is 0.417. The van der Waals surface area contributed by atoms with Crippen LogP contribution in [0.3, 0.4) is 0 Å². The molecular formula is C12H17N3O2. The summed E-state index contributed by atoms with van der Waals surface area (Å²) in [6.07, 6.45) is 0. The second-order valence-electron chi connectivity index (χ2n) is 4.11. The summed E-state index contributed by atoms with van der Waals surface area (Å²) in [5.74, 6) is 0.732. The minimum Gasteiger partial charge on any atom is -0.497 e. The van der Waals surface area contributed by atoms with E-state index in [2.05, 4.69) is 5.32 Å². The zero-order valence-corrected chi connectivity index (χ0v) is 10.1. The van der Waals surface area contributed by atoms with Crippen LogP contribution in [0.5, 0.6) is 5.75 Å². The summed E-state index contributed by atoms with van der Waals surface area (Å²) in [5, 5.41) is 2.86. The van der Waals surface area contributed by atoms with Crippen LogP contribution in [0.1, 0.15) is 11.6 Å². The van der Waals surface area contributed by atoms with Crippen molar-refractivity contribution >= 4 is 11.6 Å². The molecule has 0 saturated carbocycles. The highest BCUT2D eigenvalue weighted by molar-refractivity contribution is 6.02. The fourth-order valence-electron chi connectivity index (χ4n) is 2.12. The van der Waals surface area contributed by atoms with E-state index in [9.17, 15) is 4.79 Å². The topological polar surface area (TPSA) is 67.6 Å². The highest BCUT2D eigenvalue weighted by atomic mass is 16.5. The van der Waals surface area contributed by atoms with Crippen LogP contribution in [-0.4, -0.2) is 38.1 Å². The quantitative estimate of drug-likeness (QED) is 0.801. The highest BCUT2D eigenvalue weighted by Crippen LogP contribution is 2.36. The lowest BCUT2D eigenvalue weighted by Crippen LogP contribution is -2.33. The Morgan fingerprint density at radius 1 is 1.53 bits per heavy atom. The number of nitrogens with one attached hydrogen (secondary N) is 1. The number of nitrogens with two attached hydrogens (primary N) is 1. The van der Waals surface area contributed by atoms with E-state index < -0.39 is 0 Å². The highest BCUT2D eigenvalue weighted by Gasteiger charge is 2.33. The van der Waals surface area contributed by atoms with Crippen molar-refractivity contribution in [3.8, 4) is 5.75 Å². The van der Waals surface area contributed by atoms with E-state index in [0.717, 1.165) is 17.0 Å². The number of carbonyl (C=O) groups is 1. The van der Waals surface area contributed by atoms with Crippen LogP contribution in [0.4, 0.5) is 5.69 Å². The van der Waals surface area contributed by atoms with Gasteiger partial charge in [0.1, 0.15) is 11.8 Å². The van der Waals surface area contributed by atoms with Gasteiger partial charge in [0.05, 0.1) is 7.11 Å². The van der Waals surface area contributed by atoms with E-state index in [-0.39, 0.29) is 11.9 Å². The second kappa shape index (κ2) is 4.73. The maximum Gasteiger partial charge on any atom is 0.246 e. The molecule has 0 saturated heterocycles. The van der Waals surface area contributed by atoms with Crippen molar-refractivity contribution < 1.29 is 9.53 Å². The molecule has 0 aliphatic carbocycles. The molecule has 1 unspecified atom stereocenters. The Kier molecular flexibility index (Phi) is 3.31. The van der Waals surface area contributed by atoms with Gasteiger partial charge in [-0.25, -0.2) is 0 Å². The molecule has 1 aliphatic heterocycles. The van der Waals surface area contributed by atoms with Crippen LogP contribution in [0.25, 0.3) is 0 Å². The van der Waals surface area contributed by atoms with Gasteiger partial charge < -0.3 is 15.8 Å². The molecule has 5 heteroatoms. The lowest BCUT2D eigenvalue weighted by molar-refractivity contribution is -0.120. The molecule has 3 N–H and O–H groups in total. The first kappa shape index (κ1) is 11.9. The zero-order valence-electron chi connectivity index (χ0n) is 10.1. The van der Waals surface area contributed by atoms with E-state index in [0.29, 0.717) is 13.1 Å². The lowest BCUT2D eigenvalue weighted by Gasteiger charge is -2.21. The van der Waals surface area contributed by atoms with Crippen LogP contribution < -0.4 is 15.8 Å². The number of amides is 1. The number of benzene rings is 1. The zero-order chi connectivity index (χ0) is 12.4. The summed E-state index contributed by atoms with van der Waals surface area (Å²) in [5.41, 5.74) is 7.32. The van der Waals surface area contributed by atoms with Gasteiger partial charge in [-0.05, 0) is 13.1 Å². The first-order chi connectivity index (χ1) is 8.17. The number of nitrogens with zero attached hydrogens (tertiary/aromatic N) is 1. The van der Waals surface area contributed by atoms with Gasteiger partial charge in [-0.2, -0.15) is 0 Å². The molecule has 0 bridgehead atoms. The first-order valence-electron chi connectivity index (χ1n) is 5.56. The van der Waals surface area contributed by atoms with E-state index in [4.69, 9.17) is 10.5 Å². The average Bonchev–Trinajstić information content (AvgIpc) is 2.64. The van der Waals surface area contributed by atoms with E-state index in [1.165, 1.54) is 0 Å². The van der Waals surface area contributed by atoms with Gasteiger partial charge in [-0.1, -0.05) is 6.07 Å². The molecule has 1 heterocycles. The maximum atomic E-state index is 11.9. The van der Waals surface area contributed by atoms with E-state index >= 15 is 0 Å². The number of fused-ring (bicyclic) bond motifs is 1. The molecule has 2 rings (SSSR count). The maximum absolute atomic E-state index is 11.9. The predicted molar refractivity (Wildman–Crippen MR) is 66.0 cm³/mol. The Balaban J connectivity index is 2.31. The Bertz CT molecular complexity index is 434. The van der Waals surface area contributed by atoms with Gasteiger partial charge in [0.25, 0.3) is 0 Å². The average molecular weight is 235 g/mol. The standard InChI is InChI=1S/C12H17N3O2/c1-15(6-5-13)11-9-4-3-8(17-2)7-10(9)14-12(11)16/h3-4,7,11H,5-6,13H2,1-2H3,(H,14,16). The normalized spacial score (nSPS) is 18.1. The summed E-state index contributed by atoms with van der Waals surface area (Å²) in [7, 11) is 3.51. The molecule has 17 heavy (non-hydrogen) atoms. The third-order valence-electron chi connectivity index (χ3n) is 2.98. The van der Waals surface area contributed by atoms with Crippen molar-refractivity contribution in [3.05, 3.63) is 23.8 Å². The largest absolute Gasteiger partial charge is 0.497 e. The summed E-state index contributed by atoms with van der Waals surface area (Å²) in [6.45, 7) is 1.22. The molecule has 1 amide bonds. The number of rotatable bonds is 4.